The normalized spacial score (nSPS) is 10.4. The molecule has 0 aliphatic carbocycles. The second-order valence-corrected chi connectivity index (χ2v) is 3.85. The van der Waals surface area contributed by atoms with Gasteiger partial charge in [-0.25, -0.2) is 4.98 Å². The minimum absolute atomic E-state index is 0.712. The van der Waals surface area contributed by atoms with Crippen LogP contribution in [0.1, 0.15) is 16.3 Å². The van der Waals surface area contributed by atoms with Gasteiger partial charge in [0.25, 0.3) is 0 Å². The van der Waals surface area contributed by atoms with Crippen molar-refractivity contribution in [2.75, 3.05) is 0 Å². The zero-order valence-corrected chi connectivity index (χ0v) is 7.77. The monoisotopic (exact) mass is 176 g/mol. The van der Waals surface area contributed by atoms with Gasteiger partial charge in [0, 0.05) is 16.8 Å². The first-order chi connectivity index (χ1) is 5.72. The summed E-state index contributed by atoms with van der Waals surface area (Å²) >= 11 is 1.67. The van der Waals surface area contributed by atoms with Gasteiger partial charge in [0.15, 0.2) is 4.96 Å². The molecule has 0 saturated heterocycles. The molecule has 0 bridgehead atoms. The van der Waals surface area contributed by atoms with Gasteiger partial charge in [-0.05, 0) is 19.8 Å². The van der Waals surface area contributed by atoms with E-state index in [1.165, 1.54) is 10.6 Å². The van der Waals surface area contributed by atoms with Crippen molar-refractivity contribution in [3.63, 3.8) is 0 Å². The predicted octanol–water partition coefficient (Wildman–Crippen LogP) is 1.99. The summed E-state index contributed by atoms with van der Waals surface area (Å²) in [5.74, 6) is 2.52. The summed E-state index contributed by atoms with van der Waals surface area (Å²) in [6, 6.07) is 0. The summed E-state index contributed by atoms with van der Waals surface area (Å²) in [7, 11) is 0. The average molecular weight is 176 g/mol. The SMILES string of the molecule is C#Cc1cn2c(C)c(C)sc2n1. The smallest absolute Gasteiger partial charge is 0.195 e. The quantitative estimate of drug-likeness (QED) is 0.561. The summed E-state index contributed by atoms with van der Waals surface area (Å²) in [5, 5.41) is 0. The Balaban J connectivity index is 2.82. The van der Waals surface area contributed by atoms with Crippen molar-refractivity contribution in [3.05, 3.63) is 22.5 Å². The average Bonchev–Trinajstić information content (AvgIpc) is 2.55. The van der Waals surface area contributed by atoms with Crippen LogP contribution in [0.3, 0.4) is 0 Å². The van der Waals surface area contributed by atoms with Crippen LogP contribution in [0, 0.1) is 26.2 Å². The van der Waals surface area contributed by atoms with Crippen LogP contribution in [0.2, 0.25) is 0 Å². The maximum absolute atomic E-state index is 5.24. The van der Waals surface area contributed by atoms with Crippen molar-refractivity contribution in [3.8, 4) is 12.3 Å². The van der Waals surface area contributed by atoms with Gasteiger partial charge in [-0.15, -0.1) is 17.8 Å². The van der Waals surface area contributed by atoms with E-state index in [0.29, 0.717) is 5.69 Å². The lowest BCUT2D eigenvalue weighted by atomic mass is 10.4. The fourth-order valence-corrected chi connectivity index (χ4v) is 2.08. The Morgan fingerprint density at radius 2 is 2.33 bits per heavy atom. The van der Waals surface area contributed by atoms with Crippen LogP contribution in [0.5, 0.6) is 0 Å². The van der Waals surface area contributed by atoms with Crippen molar-refractivity contribution >= 4 is 16.3 Å². The van der Waals surface area contributed by atoms with Crippen LogP contribution < -0.4 is 0 Å². The number of imidazole rings is 1. The highest BCUT2D eigenvalue weighted by molar-refractivity contribution is 7.17. The molecule has 0 amide bonds. The van der Waals surface area contributed by atoms with Crippen LogP contribution in [-0.2, 0) is 0 Å². The van der Waals surface area contributed by atoms with Crippen molar-refractivity contribution in [1.29, 1.82) is 0 Å². The lowest BCUT2D eigenvalue weighted by Gasteiger charge is -1.87. The second kappa shape index (κ2) is 2.36. The zero-order chi connectivity index (χ0) is 8.72. The molecule has 0 atom stereocenters. The molecule has 0 radical (unpaired) electrons. The highest BCUT2D eigenvalue weighted by atomic mass is 32.1. The number of hydrogen-bond donors (Lipinski definition) is 0. The Bertz CT molecular complexity index is 470. The van der Waals surface area contributed by atoms with Crippen molar-refractivity contribution in [2.24, 2.45) is 0 Å². The molecule has 2 rings (SSSR count). The van der Waals surface area contributed by atoms with Gasteiger partial charge in [0.1, 0.15) is 5.69 Å². The molecule has 0 unspecified atom stereocenters. The first-order valence-electron chi connectivity index (χ1n) is 3.64. The van der Waals surface area contributed by atoms with E-state index in [4.69, 9.17) is 6.42 Å². The lowest BCUT2D eigenvalue weighted by Crippen LogP contribution is -1.81. The van der Waals surface area contributed by atoms with Gasteiger partial charge < -0.3 is 0 Å². The Morgan fingerprint density at radius 3 is 2.92 bits per heavy atom. The van der Waals surface area contributed by atoms with Gasteiger partial charge >= 0.3 is 0 Å². The number of hydrogen-bond acceptors (Lipinski definition) is 2. The van der Waals surface area contributed by atoms with Crippen LogP contribution in [-0.4, -0.2) is 9.38 Å². The Hall–Kier alpha value is -1.27. The fourth-order valence-electron chi connectivity index (χ4n) is 1.13. The molecule has 0 N–H and O–H groups in total. The molecule has 0 fully saturated rings. The molecular formula is C9H8N2S. The zero-order valence-electron chi connectivity index (χ0n) is 6.96. The summed E-state index contributed by atoms with van der Waals surface area (Å²) in [4.78, 5) is 6.54. The summed E-state index contributed by atoms with van der Waals surface area (Å²) in [6.45, 7) is 4.16. The molecule has 2 aromatic heterocycles. The molecule has 0 saturated carbocycles. The number of terminal acetylenes is 1. The van der Waals surface area contributed by atoms with E-state index in [-0.39, 0.29) is 0 Å². The van der Waals surface area contributed by atoms with Crippen LogP contribution in [0.15, 0.2) is 6.20 Å². The minimum atomic E-state index is 0.712. The number of nitrogens with zero attached hydrogens (tertiary/aromatic N) is 2. The number of aryl methyl sites for hydroxylation is 2. The maximum Gasteiger partial charge on any atom is 0.195 e. The summed E-state index contributed by atoms with van der Waals surface area (Å²) in [5.41, 5.74) is 1.94. The van der Waals surface area contributed by atoms with Gasteiger partial charge in [0.05, 0.1) is 0 Å². The lowest BCUT2D eigenvalue weighted by molar-refractivity contribution is 1.11. The Kier molecular flexibility index (Phi) is 1.45. The molecule has 12 heavy (non-hydrogen) atoms. The third-order valence-electron chi connectivity index (χ3n) is 1.94. The van der Waals surface area contributed by atoms with E-state index in [0.717, 1.165) is 4.96 Å². The number of rotatable bonds is 0. The maximum atomic E-state index is 5.24. The van der Waals surface area contributed by atoms with Crippen LogP contribution in [0.4, 0.5) is 0 Å². The summed E-state index contributed by atoms with van der Waals surface area (Å²) in [6.07, 6.45) is 7.14. The topological polar surface area (TPSA) is 17.3 Å². The second-order valence-electron chi connectivity index (χ2n) is 2.67. The largest absolute Gasteiger partial charge is 0.293 e. The molecule has 2 heterocycles. The van der Waals surface area contributed by atoms with Crippen molar-refractivity contribution in [1.82, 2.24) is 9.38 Å². The first-order valence-corrected chi connectivity index (χ1v) is 4.45. The molecular weight excluding hydrogens is 168 g/mol. The van der Waals surface area contributed by atoms with E-state index in [1.807, 2.05) is 10.6 Å². The summed E-state index contributed by atoms with van der Waals surface area (Å²) < 4.78 is 2.04. The number of thiazole rings is 1. The first kappa shape index (κ1) is 7.38. The van der Waals surface area contributed by atoms with E-state index in [9.17, 15) is 0 Å². The Morgan fingerprint density at radius 1 is 1.58 bits per heavy atom. The van der Waals surface area contributed by atoms with Crippen molar-refractivity contribution in [2.45, 2.75) is 13.8 Å². The standard InChI is InChI=1S/C9H8N2S/c1-4-8-5-11-6(2)7(3)12-9(11)10-8/h1,5H,2-3H3. The Labute approximate surface area is 74.9 Å². The molecule has 2 aromatic rings. The highest BCUT2D eigenvalue weighted by Crippen LogP contribution is 2.21. The molecule has 60 valence electrons. The van der Waals surface area contributed by atoms with Crippen LogP contribution >= 0.6 is 11.3 Å². The highest BCUT2D eigenvalue weighted by Gasteiger charge is 2.06. The van der Waals surface area contributed by atoms with Gasteiger partial charge in [-0.3, -0.25) is 4.40 Å². The molecule has 0 aliphatic rings. The predicted molar refractivity (Wildman–Crippen MR) is 50.5 cm³/mol. The number of fused-ring (bicyclic) bond motifs is 1. The van der Waals surface area contributed by atoms with E-state index < -0.39 is 0 Å². The van der Waals surface area contributed by atoms with E-state index in [1.54, 1.807) is 11.3 Å². The third-order valence-corrected chi connectivity index (χ3v) is 3.01. The molecule has 2 nitrogen and oxygen atoms in total. The molecule has 0 aliphatic heterocycles. The minimum Gasteiger partial charge on any atom is -0.293 e. The van der Waals surface area contributed by atoms with E-state index >= 15 is 0 Å². The molecule has 0 aromatic carbocycles. The number of aromatic nitrogens is 2. The van der Waals surface area contributed by atoms with Gasteiger partial charge in [-0.1, -0.05) is 0 Å². The van der Waals surface area contributed by atoms with Gasteiger partial charge in [0.2, 0.25) is 0 Å². The third kappa shape index (κ3) is 0.853. The fraction of sp³-hybridized carbons (Fsp3) is 0.222. The van der Waals surface area contributed by atoms with Gasteiger partial charge in [-0.2, -0.15) is 0 Å². The molecule has 0 spiro atoms. The van der Waals surface area contributed by atoms with E-state index in [2.05, 4.69) is 24.8 Å². The van der Waals surface area contributed by atoms with Crippen LogP contribution in [0.25, 0.3) is 4.96 Å². The molecule has 3 heteroatoms. The van der Waals surface area contributed by atoms with Crippen molar-refractivity contribution < 1.29 is 0 Å².